The molecule has 6 nitrogen and oxygen atoms in total. The number of H-pyrrole nitrogens is 1. The minimum Gasteiger partial charge on any atom is -0.611 e. The molecule has 0 bridgehead atoms. The van der Waals surface area contributed by atoms with E-state index >= 15 is 0 Å². The van der Waals surface area contributed by atoms with Crippen LogP contribution in [-0.4, -0.2) is 20.6 Å². The fourth-order valence-electron chi connectivity index (χ4n) is 2.93. The van der Waals surface area contributed by atoms with Gasteiger partial charge in [-0.05, 0) is 67.2 Å². The molecule has 1 atom stereocenters. The van der Waals surface area contributed by atoms with Gasteiger partial charge in [0.2, 0.25) is 0 Å². The van der Waals surface area contributed by atoms with Crippen molar-refractivity contribution in [2.24, 2.45) is 0 Å². The number of nitrogens with two attached hydrogens (primary N) is 1. The van der Waals surface area contributed by atoms with E-state index in [2.05, 4.69) is 10.3 Å². The van der Waals surface area contributed by atoms with Crippen LogP contribution in [0.3, 0.4) is 0 Å². The average molecular weight is 344 g/mol. The topological polar surface area (TPSA) is 118 Å². The average Bonchev–Trinajstić information content (AvgIpc) is 3.09. The molecule has 0 spiro atoms. The minimum absolute atomic E-state index is 0.0704. The third-order valence-corrected chi connectivity index (χ3v) is 6.02. The molecule has 1 saturated carbocycles. The third kappa shape index (κ3) is 3.47. The number of hydrogen-bond acceptors (Lipinski definition) is 4. The maximum absolute atomic E-state index is 12.5. The number of benzene rings is 1. The molecule has 0 amide bonds. The molecule has 3 rings (SSSR count). The van der Waals surface area contributed by atoms with Gasteiger partial charge in [0.25, 0.3) is 5.56 Å². The van der Waals surface area contributed by atoms with Crippen LogP contribution in [-0.2, 0) is 11.2 Å². The molecule has 7 heteroatoms. The van der Waals surface area contributed by atoms with Gasteiger partial charge in [0.1, 0.15) is 16.6 Å². The van der Waals surface area contributed by atoms with Gasteiger partial charge in [0.15, 0.2) is 4.90 Å². The van der Waals surface area contributed by atoms with Gasteiger partial charge in [-0.3, -0.25) is 10.2 Å². The van der Waals surface area contributed by atoms with Crippen molar-refractivity contribution in [3.63, 3.8) is 0 Å². The van der Waals surface area contributed by atoms with Crippen LogP contribution in [0.1, 0.15) is 31.2 Å². The van der Waals surface area contributed by atoms with E-state index in [-0.39, 0.29) is 22.3 Å². The Hall–Kier alpha value is -2.25. The second kappa shape index (κ2) is 7.11. The summed E-state index contributed by atoms with van der Waals surface area (Å²) in [6.07, 6.45) is 5.79. The zero-order valence-electron chi connectivity index (χ0n) is 13.2. The Balaban J connectivity index is 1.72. The van der Waals surface area contributed by atoms with Crippen molar-refractivity contribution < 1.29 is 4.55 Å². The molecule has 126 valence electrons. The van der Waals surface area contributed by atoms with Crippen LogP contribution in [0.25, 0.3) is 0 Å². The van der Waals surface area contributed by atoms with Crippen molar-refractivity contribution in [3.8, 4) is 0 Å². The number of amidine groups is 1. The summed E-state index contributed by atoms with van der Waals surface area (Å²) in [6, 6.07) is 8.69. The summed E-state index contributed by atoms with van der Waals surface area (Å²) in [5.41, 5.74) is 6.36. The Morgan fingerprint density at radius 3 is 2.54 bits per heavy atom. The number of nitrogen functional groups attached to an aromatic ring is 1. The lowest BCUT2D eigenvalue weighted by molar-refractivity contribution is 0.579. The third-order valence-electron chi connectivity index (χ3n) is 4.20. The van der Waals surface area contributed by atoms with E-state index in [9.17, 15) is 9.35 Å². The quantitative estimate of drug-likeness (QED) is 0.387. The molecule has 1 aliphatic rings. The fraction of sp³-hybridized carbons (Fsp3) is 0.294. The van der Waals surface area contributed by atoms with E-state index < -0.39 is 16.7 Å². The van der Waals surface area contributed by atoms with Gasteiger partial charge < -0.3 is 20.6 Å². The fourth-order valence-corrected chi connectivity index (χ4v) is 4.48. The van der Waals surface area contributed by atoms with Gasteiger partial charge in [-0.15, -0.1) is 0 Å². The van der Waals surface area contributed by atoms with Crippen molar-refractivity contribution in [3.05, 3.63) is 52.4 Å². The number of nitrogens with one attached hydrogen (secondary N) is 3. The molecule has 5 N–H and O–H groups in total. The second-order valence-corrected chi connectivity index (χ2v) is 7.60. The second-order valence-electron chi connectivity index (χ2n) is 5.87. The van der Waals surface area contributed by atoms with Crippen molar-refractivity contribution in [2.75, 3.05) is 11.1 Å². The largest absolute Gasteiger partial charge is 0.611 e. The number of hydrogen-bond donors (Lipinski definition) is 4. The Morgan fingerprint density at radius 1 is 1.25 bits per heavy atom. The van der Waals surface area contributed by atoms with Crippen LogP contribution < -0.4 is 16.6 Å². The van der Waals surface area contributed by atoms with Gasteiger partial charge in [0.05, 0.1) is 0 Å². The molecule has 1 fully saturated rings. The van der Waals surface area contributed by atoms with Crippen LogP contribution >= 0.6 is 0 Å². The van der Waals surface area contributed by atoms with Crippen molar-refractivity contribution in [2.45, 2.75) is 35.8 Å². The van der Waals surface area contributed by atoms with E-state index in [0.29, 0.717) is 5.69 Å². The number of anilines is 2. The van der Waals surface area contributed by atoms with Crippen LogP contribution in [0.2, 0.25) is 0 Å². The number of pyridine rings is 1. The molecule has 1 aliphatic carbocycles. The molecule has 1 heterocycles. The van der Waals surface area contributed by atoms with Gasteiger partial charge in [0, 0.05) is 17.6 Å². The molecule has 1 aromatic heterocycles. The summed E-state index contributed by atoms with van der Waals surface area (Å²) in [5, 5.41) is 11.2. The van der Waals surface area contributed by atoms with E-state index in [4.69, 9.17) is 11.1 Å². The van der Waals surface area contributed by atoms with Crippen LogP contribution in [0.5, 0.6) is 0 Å². The summed E-state index contributed by atoms with van der Waals surface area (Å²) in [6.45, 7) is 0. The lowest BCUT2D eigenvalue weighted by atomic mass is 10.2. The molecule has 2 aromatic rings. The van der Waals surface area contributed by atoms with Gasteiger partial charge in [-0.2, -0.15) is 0 Å². The molecule has 1 unspecified atom stereocenters. The van der Waals surface area contributed by atoms with E-state index in [1.807, 2.05) is 12.1 Å². The molecule has 1 aromatic carbocycles. The minimum atomic E-state index is -0.979. The highest BCUT2D eigenvalue weighted by atomic mass is 32.2. The van der Waals surface area contributed by atoms with E-state index in [1.54, 1.807) is 18.2 Å². The van der Waals surface area contributed by atoms with Crippen molar-refractivity contribution in [1.29, 1.82) is 5.41 Å². The summed E-state index contributed by atoms with van der Waals surface area (Å²) >= 11 is -0.979. The highest BCUT2D eigenvalue weighted by molar-refractivity contribution is 7.92. The summed E-state index contributed by atoms with van der Waals surface area (Å²) in [7, 11) is 0. The van der Waals surface area contributed by atoms with Gasteiger partial charge in [-0.1, -0.05) is 0 Å². The smallest absolute Gasteiger partial charge is 0.261 e. The monoisotopic (exact) mass is 344 g/mol. The first-order chi connectivity index (χ1) is 11.6. The normalized spacial score (nSPS) is 16.0. The lowest BCUT2D eigenvalue weighted by Gasteiger charge is -2.17. The standard InChI is InChI=1S/C17H20N4O2S/c18-14-9-10-20-17(22)15(14)16(19)21-11-5-7-13(8-6-11)24(23)12-3-1-2-4-12/h5-10,12H,1-4H2,(H2,19,21)(H3,18,20,22). The Morgan fingerprint density at radius 2 is 1.92 bits per heavy atom. The predicted molar refractivity (Wildman–Crippen MR) is 97.0 cm³/mol. The molecule has 0 radical (unpaired) electrons. The number of aromatic nitrogens is 1. The van der Waals surface area contributed by atoms with Gasteiger partial charge in [-0.25, -0.2) is 0 Å². The Bertz CT molecular complexity index is 782. The molecular weight excluding hydrogens is 324 g/mol. The molecule has 24 heavy (non-hydrogen) atoms. The molecular formula is C17H20N4O2S. The van der Waals surface area contributed by atoms with Crippen molar-refractivity contribution >= 4 is 28.4 Å². The number of rotatable bonds is 4. The van der Waals surface area contributed by atoms with E-state index in [1.165, 1.54) is 6.20 Å². The number of aromatic amines is 1. The summed E-state index contributed by atoms with van der Waals surface area (Å²) in [4.78, 5) is 15.1. The SMILES string of the molecule is N=C(Nc1ccc([S+]([O-])C2CCCC2)cc1)c1c(N)cc[nH]c1=O. The van der Waals surface area contributed by atoms with E-state index in [0.717, 1.165) is 30.6 Å². The zero-order valence-corrected chi connectivity index (χ0v) is 14.0. The highest BCUT2D eigenvalue weighted by Gasteiger charge is 2.28. The maximum Gasteiger partial charge on any atom is 0.261 e. The highest BCUT2D eigenvalue weighted by Crippen LogP contribution is 2.30. The molecule has 0 saturated heterocycles. The first-order valence-electron chi connectivity index (χ1n) is 7.90. The maximum atomic E-state index is 12.5. The van der Waals surface area contributed by atoms with Gasteiger partial charge >= 0.3 is 0 Å². The summed E-state index contributed by atoms with van der Waals surface area (Å²) < 4.78 is 12.5. The van der Waals surface area contributed by atoms with Crippen LogP contribution in [0.4, 0.5) is 11.4 Å². The Kier molecular flexibility index (Phi) is 4.92. The molecule has 0 aliphatic heterocycles. The summed E-state index contributed by atoms with van der Waals surface area (Å²) in [5.74, 6) is -0.0704. The predicted octanol–water partition coefficient (Wildman–Crippen LogP) is 2.44. The van der Waals surface area contributed by atoms with Crippen LogP contribution in [0.15, 0.2) is 46.2 Å². The van der Waals surface area contributed by atoms with Crippen molar-refractivity contribution in [1.82, 2.24) is 4.98 Å². The first kappa shape index (κ1) is 16.6. The van der Waals surface area contributed by atoms with Crippen LogP contribution in [0, 0.1) is 5.41 Å². The Labute approximate surface area is 143 Å². The first-order valence-corrected chi connectivity index (χ1v) is 9.11. The lowest BCUT2D eigenvalue weighted by Crippen LogP contribution is -2.24. The zero-order chi connectivity index (χ0) is 17.1.